The predicted octanol–water partition coefficient (Wildman–Crippen LogP) is 1.74. The highest BCUT2D eigenvalue weighted by atomic mass is 32.2. The van der Waals surface area contributed by atoms with Gasteiger partial charge in [0.05, 0.1) is 0 Å². The second-order valence-corrected chi connectivity index (χ2v) is 8.65. The highest BCUT2D eigenvalue weighted by molar-refractivity contribution is 7.87. The van der Waals surface area contributed by atoms with Crippen LogP contribution in [0.1, 0.15) is 52.4 Å². The van der Waals surface area contributed by atoms with E-state index < -0.39 is 10.2 Å². The van der Waals surface area contributed by atoms with Gasteiger partial charge in [0.1, 0.15) is 0 Å². The standard InChI is InChI=1S/C15H30N2O3S/c1-12(2)14-5-3-4-6-15(14)16-21(19,20)17-9-7-13(11-18)8-10-17/h12-16,18H,3-11H2,1-2H3. The third kappa shape index (κ3) is 4.41. The lowest BCUT2D eigenvalue weighted by Crippen LogP contribution is -2.51. The van der Waals surface area contributed by atoms with Crippen molar-refractivity contribution in [1.29, 1.82) is 0 Å². The number of hydrogen-bond donors (Lipinski definition) is 2. The molecule has 1 saturated carbocycles. The lowest BCUT2D eigenvalue weighted by atomic mass is 9.78. The Morgan fingerprint density at radius 2 is 1.76 bits per heavy atom. The van der Waals surface area contributed by atoms with Gasteiger partial charge in [0.2, 0.25) is 0 Å². The van der Waals surface area contributed by atoms with Gasteiger partial charge in [0, 0.05) is 25.7 Å². The zero-order valence-electron chi connectivity index (χ0n) is 13.3. The number of aliphatic hydroxyl groups is 1. The Morgan fingerprint density at radius 3 is 2.33 bits per heavy atom. The summed E-state index contributed by atoms with van der Waals surface area (Å²) in [6, 6.07) is 0.0827. The van der Waals surface area contributed by atoms with Crippen LogP contribution in [0.3, 0.4) is 0 Å². The van der Waals surface area contributed by atoms with Gasteiger partial charge in [-0.2, -0.15) is 17.4 Å². The fourth-order valence-corrected chi connectivity index (χ4v) is 5.22. The van der Waals surface area contributed by atoms with E-state index in [0.717, 1.165) is 32.1 Å². The first kappa shape index (κ1) is 17.2. The molecule has 0 aromatic rings. The van der Waals surface area contributed by atoms with Gasteiger partial charge in [-0.3, -0.25) is 0 Å². The van der Waals surface area contributed by atoms with Crippen LogP contribution in [0.25, 0.3) is 0 Å². The van der Waals surface area contributed by atoms with Crippen LogP contribution in [0.2, 0.25) is 0 Å². The van der Waals surface area contributed by atoms with Crippen molar-refractivity contribution in [3.8, 4) is 0 Å². The number of hydrogen-bond acceptors (Lipinski definition) is 3. The molecule has 0 bridgehead atoms. The lowest BCUT2D eigenvalue weighted by Gasteiger charge is -2.37. The van der Waals surface area contributed by atoms with E-state index in [1.54, 1.807) is 4.31 Å². The number of aliphatic hydroxyl groups excluding tert-OH is 1. The lowest BCUT2D eigenvalue weighted by molar-refractivity contribution is 0.167. The molecule has 0 aromatic carbocycles. The van der Waals surface area contributed by atoms with Crippen molar-refractivity contribution in [3.63, 3.8) is 0 Å². The van der Waals surface area contributed by atoms with Crippen LogP contribution in [0.5, 0.6) is 0 Å². The first-order valence-corrected chi connectivity index (χ1v) is 9.76. The fourth-order valence-electron chi connectivity index (χ4n) is 3.70. The summed E-state index contributed by atoms with van der Waals surface area (Å²) < 4.78 is 29.7. The Bertz CT molecular complexity index is 417. The third-order valence-corrected chi connectivity index (χ3v) is 6.79. The molecule has 0 radical (unpaired) electrons. The van der Waals surface area contributed by atoms with Crippen molar-refractivity contribution < 1.29 is 13.5 Å². The quantitative estimate of drug-likeness (QED) is 0.811. The van der Waals surface area contributed by atoms with E-state index in [2.05, 4.69) is 18.6 Å². The Balaban J connectivity index is 1.96. The van der Waals surface area contributed by atoms with Crippen molar-refractivity contribution >= 4 is 10.2 Å². The molecule has 6 heteroatoms. The molecule has 1 aliphatic heterocycles. The predicted molar refractivity (Wildman–Crippen MR) is 84.0 cm³/mol. The van der Waals surface area contributed by atoms with Crippen LogP contribution in [0.15, 0.2) is 0 Å². The van der Waals surface area contributed by atoms with Crippen LogP contribution in [-0.4, -0.2) is 43.6 Å². The molecule has 0 aromatic heterocycles. The highest BCUT2D eigenvalue weighted by Gasteiger charge is 2.34. The van der Waals surface area contributed by atoms with Gasteiger partial charge in [-0.05, 0) is 43.4 Å². The van der Waals surface area contributed by atoms with E-state index in [9.17, 15) is 8.42 Å². The number of nitrogens with zero attached hydrogens (tertiary/aromatic N) is 1. The molecule has 1 saturated heterocycles. The van der Waals surface area contributed by atoms with Crippen molar-refractivity contribution in [1.82, 2.24) is 9.03 Å². The van der Waals surface area contributed by atoms with Crippen molar-refractivity contribution in [3.05, 3.63) is 0 Å². The summed E-state index contributed by atoms with van der Waals surface area (Å²) in [5.74, 6) is 1.22. The molecule has 1 aliphatic carbocycles. The molecule has 2 aliphatic rings. The number of nitrogens with one attached hydrogen (secondary N) is 1. The van der Waals surface area contributed by atoms with Crippen LogP contribution in [0, 0.1) is 17.8 Å². The van der Waals surface area contributed by atoms with Crippen LogP contribution in [-0.2, 0) is 10.2 Å². The van der Waals surface area contributed by atoms with Crippen molar-refractivity contribution in [2.75, 3.05) is 19.7 Å². The molecule has 2 fully saturated rings. The zero-order chi connectivity index (χ0) is 15.5. The number of piperidine rings is 1. The Morgan fingerprint density at radius 1 is 1.14 bits per heavy atom. The summed E-state index contributed by atoms with van der Waals surface area (Å²) in [6.45, 7) is 5.59. The average molecular weight is 318 g/mol. The molecule has 2 unspecified atom stereocenters. The van der Waals surface area contributed by atoms with Crippen LogP contribution >= 0.6 is 0 Å². The molecule has 21 heavy (non-hydrogen) atoms. The normalized spacial score (nSPS) is 29.9. The van der Waals surface area contributed by atoms with E-state index in [4.69, 9.17) is 5.11 Å². The summed E-state index contributed by atoms with van der Waals surface area (Å²) in [5, 5.41) is 9.15. The molecule has 2 N–H and O–H groups in total. The topological polar surface area (TPSA) is 69.6 Å². The second kappa shape index (κ2) is 7.40. The minimum absolute atomic E-state index is 0.0827. The molecule has 5 nitrogen and oxygen atoms in total. The monoisotopic (exact) mass is 318 g/mol. The van der Waals surface area contributed by atoms with Crippen molar-refractivity contribution in [2.24, 2.45) is 17.8 Å². The largest absolute Gasteiger partial charge is 0.396 e. The maximum absolute atomic E-state index is 12.6. The van der Waals surface area contributed by atoms with E-state index in [1.165, 1.54) is 6.42 Å². The molecule has 2 atom stereocenters. The van der Waals surface area contributed by atoms with E-state index >= 15 is 0 Å². The summed E-state index contributed by atoms with van der Waals surface area (Å²) in [6.07, 6.45) is 5.92. The minimum atomic E-state index is -3.38. The number of rotatable bonds is 5. The highest BCUT2D eigenvalue weighted by Crippen LogP contribution is 2.31. The molecular formula is C15H30N2O3S. The average Bonchev–Trinajstić information content (AvgIpc) is 2.47. The smallest absolute Gasteiger partial charge is 0.279 e. The Labute approximate surface area is 129 Å². The summed E-state index contributed by atoms with van der Waals surface area (Å²) in [7, 11) is -3.38. The molecular weight excluding hydrogens is 288 g/mol. The molecule has 0 amide bonds. The molecule has 0 spiro atoms. The summed E-state index contributed by atoms with van der Waals surface area (Å²) in [5.41, 5.74) is 0. The zero-order valence-corrected chi connectivity index (χ0v) is 14.1. The van der Waals surface area contributed by atoms with E-state index in [0.29, 0.717) is 24.9 Å². The van der Waals surface area contributed by atoms with Crippen molar-refractivity contribution in [2.45, 2.75) is 58.4 Å². The summed E-state index contributed by atoms with van der Waals surface area (Å²) >= 11 is 0. The first-order chi connectivity index (χ1) is 9.94. The van der Waals surface area contributed by atoms with E-state index in [1.807, 2.05) is 0 Å². The van der Waals surface area contributed by atoms with Gasteiger partial charge in [-0.15, -0.1) is 0 Å². The molecule has 124 valence electrons. The first-order valence-electron chi connectivity index (χ1n) is 8.32. The summed E-state index contributed by atoms with van der Waals surface area (Å²) in [4.78, 5) is 0. The SMILES string of the molecule is CC(C)C1CCCCC1NS(=O)(=O)N1CCC(CO)CC1. The van der Waals surface area contributed by atoms with Gasteiger partial charge in [-0.1, -0.05) is 26.7 Å². The molecule has 1 heterocycles. The maximum atomic E-state index is 12.6. The Hall–Kier alpha value is -0.170. The Kier molecular flexibility index (Phi) is 6.05. The minimum Gasteiger partial charge on any atom is -0.396 e. The second-order valence-electron chi connectivity index (χ2n) is 6.95. The maximum Gasteiger partial charge on any atom is 0.279 e. The molecule has 2 rings (SSSR count). The van der Waals surface area contributed by atoms with Gasteiger partial charge in [-0.25, -0.2) is 0 Å². The fraction of sp³-hybridized carbons (Fsp3) is 1.00. The van der Waals surface area contributed by atoms with Gasteiger partial charge < -0.3 is 5.11 Å². The van der Waals surface area contributed by atoms with Gasteiger partial charge in [0.15, 0.2) is 0 Å². The van der Waals surface area contributed by atoms with E-state index in [-0.39, 0.29) is 18.6 Å². The van der Waals surface area contributed by atoms with Gasteiger partial charge in [0.25, 0.3) is 10.2 Å². The van der Waals surface area contributed by atoms with Crippen LogP contribution in [0.4, 0.5) is 0 Å². The van der Waals surface area contributed by atoms with Crippen LogP contribution < -0.4 is 4.72 Å². The third-order valence-electron chi connectivity index (χ3n) is 5.15. The van der Waals surface area contributed by atoms with Gasteiger partial charge >= 0.3 is 0 Å².